The van der Waals surface area contributed by atoms with E-state index in [0.29, 0.717) is 0 Å². The molecule has 4 N–H and O–H groups in total. The monoisotopic (exact) mass is 305 g/mol. The van der Waals surface area contributed by atoms with E-state index in [-0.39, 0.29) is 11.4 Å². The summed E-state index contributed by atoms with van der Waals surface area (Å²) < 4.78 is 26.4. The molecule has 114 valence electrons. The lowest BCUT2D eigenvalue weighted by Crippen LogP contribution is -2.29. The van der Waals surface area contributed by atoms with Gasteiger partial charge in [-0.1, -0.05) is 6.07 Å². The zero-order valence-corrected chi connectivity index (χ0v) is 11.6. The van der Waals surface area contributed by atoms with Crippen LogP contribution in [0.3, 0.4) is 0 Å². The molecule has 0 spiro atoms. The summed E-state index contributed by atoms with van der Waals surface area (Å²) in [6.07, 6.45) is 0. The van der Waals surface area contributed by atoms with Crippen LogP contribution in [0.2, 0.25) is 0 Å². The molecule has 0 aromatic heterocycles. The number of nitrogens with one attached hydrogen (secondary N) is 2. The Morgan fingerprint density at radius 3 is 2.23 bits per heavy atom. The quantitative estimate of drug-likeness (QED) is 0.588. The molecule has 22 heavy (non-hydrogen) atoms. The number of nitrogens with two attached hydrogens (primary N) is 1. The average Bonchev–Trinajstić information content (AvgIpc) is 2.45. The summed E-state index contributed by atoms with van der Waals surface area (Å²) in [6.45, 7) is 1.82. The summed E-state index contributed by atoms with van der Waals surface area (Å²) in [4.78, 5) is 23.5. The first-order valence-electron chi connectivity index (χ1n) is 6.30. The number of benzene rings is 2. The molecule has 0 heterocycles. The molecule has 0 radical (unpaired) electrons. The van der Waals surface area contributed by atoms with Crippen molar-refractivity contribution in [3.05, 3.63) is 53.6 Å². The van der Waals surface area contributed by atoms with Gasteiger partial charge in [0.25, 0.3) is 0 Å². The lowest BCUT2D eigenvalue weighted by Gasteiger charge is -2.09. The maximum absolute atomic E-state index is 13.4. The molecule has 2 amide bonds. The second kappa shape index (κ2) is 6.21. The number of amides is 2. The number of halogens is 2. The van der Waals surface area contributed by atoms with Gasteiger partial charge in [0.1, 0.15) is 11.6 Å². The van der Waals surface area contributed by atoms with Crippen molar-refractivity contribution in [3.8, 4) is 0 Å². The van der Waals surface area contributed by atoms with Gasteiger partial charge in [0.2, 0.25) is 0 Å². The van der Waals surface area contributed by atoms with E-state index in [0.717, 1.165) is 23.8 Å². The Balaban J connectivity index is 2.09. The molecule has 2 aromatic rings. The highest BCUT2D eigenvalue weighted by Crippen LogP contribution is 2.20. The number of aryl methyl sites for hydroxylation is 1. The van der Waals surface area contributed by atoms with Crippen LogP contribution in [0.15, 0.2) is 36.4 Å². The largest absolute Gasteiger partial charge is 0.397 e. The number of carbonyl (C=O) groups is 2. The lowest BCUT2D eigenvalue weighted by atomic mass is 10.2. The maximum atomic E-state index is 13.4. The van der Waals surface area contributed by atoms with Gasteiger partial charge in [-0.2, -0.15) is 0 Å². The number of anilines is 3. The van der Waals surface area contributed by atoms with Crippen LogP contribution in [-0.2, 0) is 9.59 Å². The van der Waals surface area contributed by atoms with Gasteiger partial charge in [0, 0.05) is 6.07 Å². The molecule has 7 heteroatoms. The van der Waals surface area contributed by atoms with Crippen molar-refractivity contribution in [1.82, 2.24) is 0 Å². The van der Waals surface area contributed by atoms with Gasteiger partial charge in [0.15, 0.2) is 0 Å². The van der Waals surface area contributed by atoms with Crippen molar-refractivity contribution >= 4 is 28.9 Å². The minimum Gasteiger partial charge on any atom is -0.397 e. The first-order chi connectivity index (χ1) is 10.4. The third kappa shape index (κ3) is 3.57. The highest BCUT2D eigenvalue weighted by atomic mass is 19.1. The van der Waals surface area contributed by atoms with E-state index in [1.807, 2.05) is 12.2 Å². The van der Waals surface area contributed by atoms with Crippen molar-refractivity contribution in [3.63, 3.8) is 0 Å². The van der Waals surface area contributed by atoms with Gasteiger partial charge in [-0.3, -0.25) is 9.59 Å². The highest BCUT2D eigenvalue weighted by Gasteiger charge is 2.17. The molecular formula is C15H13F2N3O2. The number of hydrogen-bond acceptors (Lipinski definition) is 3. The van der Waals surface area contributed by atoms with E-state index in [9.17, 15) is 18.4 Å². The molecule has 0 atom stereocenters. The Morgan fingerprint density at radius 1 is 0.955 bits per heavy atom. The second-order valence-corrected chi connectivity index (χ2v) is 4.62. The fourth-order valence-electron chi connectivity index (χ4n) is 1.75. The van der Waals surface area contributed by atoms with Gasteiger partial charge < -0.3 is 16.4 Å². The van der Waals surface area contributed by atoms with Crippen molar-refractivity contribution in [2.75, 3.05) is 16.4 Å². The normalized spacial score (nSPS) is 10.1. The van der Waals surface area contributed by atoms with E-state index >= 15 is 0 Å². The fraction of sp³-hybridized carbons (Fsp3) is 0.0667. The van der Waals surface area contributed by atoms with Crippen molar-refractivity contribution in [2.45, 2.75) is 6.92 Å². The SMILES string of the molecule is Cc1ccc(NC(=O)C(=O)Nc2cc(F)ccc2F)c(N)c1. The highest BCUT2D eigenvalue weighted by molar-refractivity contribution is 6.43. The second-order valence-electron chi connectivity index (χ2n) is 4.62. The van der Waals surface area contributed by atoms with Crippen LogP contribution in [0.25, 0.3) is 0 Å². The van der Waals surface area contributed by atoms with Gasteiger partial charge in [-0.25, -0.2) is 8.78 Å². The Kier molecular flexibility index (Phi) is 4.36. The van der Waals surface area contributed by atoms with Gasteiger partial charge in [-0.15, -0.1) is 0 Å². The number of nitrogen functional groups attached to an aromatic ring is 1. The molecule has 0 unspecified atom stereocenters. The van der Waals surface area contributed by atoms with Gasteiger partial charge >= 0.3 is 11.8 Å². The standard InChI is InChI=1S/C15H13F2N3O2/c1-8-2-5-12(11(18)6-8)19-14(21)15(22)20-13-7-9(16)3-4-10(13)17/h2-7H,18H2,1H3,(H,19,21)(H,20,22). The predicted molar refractivity (Wildman–Crippen MR) is 79.2 cm³/mol. The molecule has 5 nitrogen and oxygen atoms in total. The van der Waals surface area contributed by atoms with E-state index in [1.54, 1.807) is 18.2 Å². The number of hydrogen-bond donors (Lipinski definition) is 3. The molecule has 0 aliphatic carbocycles. The van der Waals surface area contributed by atoms with E-state index < -0.39 is 29.1 Å². The Hall–Kier alpha value is -2.96. The Morgan fingerprint density at radius 2 is 1.59 bits per heavy atom. The third-order valence-corrected chi connectivity index (χ3v) is 2.84. The van der Waals surface area contributed by atoms with Crippen LogP contribution in [0.1, 0.15) is 5.56 Å². The maximum Gasteiger partial charge on any atom is 0.314 e. The number of rotatable bonds is 2. The van der Waals surface area contributed by atoms with Gasteiger partial charge in [0.05, 0.1) is 17.1 Å². The van der Waals surface area contributed by atoms with E-state index in [4.69, 9.17) is 5.73 Å². The summed E-state index contributed by atoms with van der Waals surface area (Å²) in [7, 11) is 0. The molecule has 0 saturated heterocycles. The van der Waals surface area contributed by atoms with Crippen LogP contribution in [0.4, 0.5) is 25.8 Å². The van der Waals surface area contributed by atoms with Crippen LogP contribution < -0.4 is 16.4 Å². The summed E-state index contributed by atoms with van der Waals surface area (Å²) in [6, 6.07) is 7.40. The van der Waals surface area contributed by atoms with Gasteiger partial charge in [-0.05, 0) is 36.8 Å². The Labute approximate surface area is 125 Å². The zero-order valence-electron chi connectivity index (χ0n) is 11.6. The fourth-order valence-corrected chi connectivity index (χ4v) is 1.75. The number of carbonyl (C=O) groups excluding carboxylic acids is 2. The molecular weight excluding hydrogens is 292 g/mol. The third-order valence-electron chi connectivity index (χ3n) is 2.84. The van der Waals surface area contributed by atoms with Crippen molar-refractivity contribution < 1.29 is 18.4 Å². The first-order valence-corrected chi connectivity index (χ1v) is 6.30. The minimum atomic E-state index is -1.13. The summed E-state index contributed by atoms with van der Waals surface area (Å²) in [5, 5.41) is 4.29. The predicted octanol–water partition coefficient (Wildman–Crippen LogP) is 2.43. The topological polar surface area (TPSA) is 84.2 Å². The van der Waals surface area contributed by atoms with Crippen molar-refractivity contribution in [2.24, 2.45) is 0 Å². The van der Waals surface area contributed by atoms with E-state index in [1.165, 1.54) is 0 Å². The minimum absolute atomic E-state index is 0.255. The lowest BCUT2D eigenvalue weighted by molar-refractivity contribution is -0.133. The molecule has 2 aromatic carbocycles. The smallest absolute Gasteiger partial charge is 0.314 e. The summed E-state index contributed by atoms with van der Waals surface area (Å²) in [5.74, 6) is -3.76. The average molecular weight is 305 g/mol. The summed E-state index contributed by atoms with van der Waals surface area (Å²) >= 11 is 0. The molecule has 0 saturated carbocycles. The molecule has 2 rings (SSSR count). The Bertz CT molecular complexity index is 748. The van der Waals surface area contributed by atoms with Crippen LogP contribution >= 0.6 is 0 Å². The first kappa shape index (κ1) is 15.4. The molecule has 0 bridgehead atoms. The van der Waals surface area contributed by atoms with Crippen LogP contribution in [-0.4, -0.2) is 11.8 Å². The van der Waals surface area contributed by atoms with Crippen molar-refractivity contribution in [1.29, 1.82) is 0 Å². The van der Waals surface area contributed by atoms with Crippen LogP contribution in [0, 0.1) is 18.6 Å². The zero-order chi connectivity index (χ0) is 16.3. The van der Waals surface area contributed by atoms with Crippen LogP contribution in [0.5, 0.6) is 0 Å². The molecule has 0 fully saturated rings. The summed E-state index contributed by atoms with van der Waals surface area (Å²) in [5.41, 5.74) is 6.73. The molecule has 0 aliphatic heterocycles. The van der Waals surface area contributed by atoms with E-state index in [2.05, 4.69) is 5.32 Å². The molecule has 0 aliphatic rings.